The van der Waals surface area contributed by atoms with Crippen molar-refractivity contribution in [3.63, 3.8) is 0 Å². The van der Waals surface area contributed by atoms with Crippen LogP contribution in [0.1, 0.15) is 56.7 Å². The molecule has 0 radical (unpaired) electrons. The Morgan fingerprint density at radius 2 is 1.81 bits per heavy atom. The summed E-state index contributed by atoms with van der Waals surface area (Å²) in [6.45, 7) is 2.40. The molecular formula is C15H19F3N2O. The molecule has 0 fully saturated rings. The fourth-order valence-electron chi connectivity index (χ4n) is 1.84. The summed E-state index contributed by atoms with van der Waals surface area (Å²) in [5, 5.41) is 8.86. The summed E-state index contributed by atoms with van der Waals surface area (Å²) < 4.78 is 42.9. The first-order valence-electron chi connectivity index (χ1n) is 7.10. The lowest BCUT2D eigenvalue weighted by Crippen LogP contribution is -2.10. The molecule has 1 aromatic heterocycles. The second-order valence-electron chi connectivity index (χ2n) is 4.77. The highest BCUT2D eigenvalue weighted by molar-refractivity contribution is 5.39. The molecule has 1 rings (SSSR count). The lowest BCUT2D eigenvalue weighted by molar-refractivity contribution is -0.141. The number of nitriles is 1. The first-order valence-corrected chi connectivity index (χ1v) is 7.10. The molecule has 0 aromatic carbocycles. The summed E-state index contributed by atoms with van der Waals surface area (Å²) in [5.74, 6) is -0.235. The predicted octanol–water partition coefficient (Wildman–Crippen LogP) is 4.71. The van der Waals surface area contributed by atoms with Crippen LogP contribution >= 0.6 is 0 Å². The Bertz CT molecular complexity index is 481. The maximum absolute atomic E-state index is 12.6. The van der Waals surface area contributed by atoms with Gasteiger partial charge in [0, 0.05) is 0 Å². The van der Waals surface area contributed by atoms with E-state index in [9.17, 15) is 13.2 Å². The van der Waals surface area contributed by atoms with Crippen LogP contribution in [-0.2, 0) is 6.18 Å². The number of pyridine rings is 1. The third kappa shape index (κ3) is 6.03. The molecule has 0 unspecified atom stereocenters. The quantitative estimate of drug-likeness (QED) is 0.653. The van der Waals surface area contributed by atoms with E-state index in [1.807, 2.05) is 0 Å². The van der Waals surface area contributed by atoms with Gasteiger partial charge >= 0.3 is 6.18 Å². The van der Waals surface area contributed by atoms with Crippen LogP contribution in [0.4, 0.5) is 13.2 Å². The van der Waals surface area contributed by atoms with E-state index in [1.54, 1.807) is 6.07 Å². The van der Waals surface area contributed by atoms with E-state index < -0.39 is 11.9 Å². The molecule has 0 saturated carbocycles. The highest BCUT2D eigenvalue weighted by Gasteiger charge is 2.33. The smallest absolute Gasteiger partial charge is 0.433 e. The maximum Gasteiger partial charge on any atom is 0.433 e. The van der Waals surface area contributed by atoms with Gasteiger partial charge in [0.05, 0.1) is 6.61 Å². The van der Waals surface area contributed by atoms with Crippen molar-refractivity contribution in [1.82, 2.24) is 4.98 Å². The first-order chi connectivity index (χ1) is 9.99. The summed E-state index contributed by atoms with van der Waals surface area (Å²) in [4.78, 5) is 3.39. The average Bonchev–Trinajstić information content (AvgIpc) is 2.45. The molecule has 0 aliphatic carbocycles. The van der Waals surface area contributed by atoms with Crippen LogP contribution in [0, 0.1) is 11.3 Å². The summed E-state index contributed by atoms with van der Waals surface area (Å²) in [5.41, 5.74) is -1.02. The van der Waals surface area contributed by atoms with Gasteiger partial charge < -0.3 is 4.74 Å². The Kier molecular flexibility index (Phi) is 7.00. The number of ether oxygens (including phenoxy) is 1. The van der Waals surface area contributed by atoms with Crippen molar-refractivity contribution >= 4 is 0 Å². The molecule has 0 N–H and O–H groups in total. The summed E-state index contributed by atoms with van der Waals surface area (Å²) >= 11 is 0. The Hall–Kier alpha value is -1.77. The van der Waals surface area contributed by atoms with Crippen molar-refractivity contribution in [3.05, 3.63) is 23.4 Å². The van der Waals surface area contributed by atoms with Gasteiger partial charge in [0.2, 0.25) is 5.88 Å². The van der Waals surface area contributed by atoms with Gasteiger partial charge in [-0.15, -0.1) is 0 Å². The lowest BCUT2D eigenvalue weighted by atomic mass is 10.1. The zero-order valence-electron chi connectivity index (χ0n) is 12.0. The van der Waals surface area contributed by atoms with E-state index >= 15 is 0 Å². The van der Waals surface area contributed by atoms with Crippen molar-refractivity contribution in [1.29, 1.82) is 5.26 Å². The molecule has 0 aliphatic heterocycles. The Labute approximate surface area is 122 Å². The van der Waals surface area contributed by atoms with Crippen molar-refractivity contribution in [2.75, 3.05) is 6.61 Å². The number of rotatable bonds is 8. The van der Waals surface area contributed by atoms with E-state index in [4.69, 9.17) is 10.00 Å². The number of aromatic nitrogens is 1. The standard InChI is InChI=1S/C15H19F3N2O/c1-2-3-4-5-6-7-10-21-14-12(11-19)8-9-13(20-14)15(16,17)18/h8-9H,2-7,10H2,1H3. The van der Waals surface area contributed by atoms with E-state index in [0.29, 0.717) is 0 Å². The van der Waals surface area contributed by atoms with Crippen molar-refractivity contribution < 1.29 is 17.9 Å². The van der Waals surface area contributed by atoms with Gasteiger partial charge in [0.1, 0.15) is 17.3 Å². The van der Waals surface area contributed by atoms with Gasteiger partial charge in [0.15, 0.2) is 0 Å². The van der Waals surface area contributed by atoms with E-state index in [1.165, 1.54) is 6.42 Å². The van der Waals surface area contributed by atoms with Crippen LogP contribution in [-0.4, -0.2) is 11.6 Å². The minimum Gasteiger partial charge on any atom is -0.477 e. The van der Waals surface area contributed by atoms with E-state index in [2.05, 4.69) is 11.9 Å². The highest BCUT2D eigenvalue weighted by Crippen LogP contribution is 2.30. The highest BCUT2D eigenvalue weighted by atomic mass is 19.4. The topological polar surface area (TPSA) is 45.9 Å². The fraction of sp³-hybridized carbons (Fsp3) is 0.600. The van der Waals surface area contributed by atoms with Crippen LogP contribution in [0.2, 0.25) is 0 Å². The molecular weight excluding hydrogens is 281 g/mol. The van der Waals surface area contributed by atoms with Crippen molar-refractivity contribution in [3.8, 4) is 11.9 Å². The predicted molar refractivity (Wildman–Crippen MR) is 72.8 cm³/mol. The van der Waals surface area contributed by atoms with Gasteiger partial charge in [0.25, 0.3) is 0 Å². The number of nitrogens with zero attached hydrogens (tertiary/aromatic N) is 2. The summed E-state index contributed by atoms with van der Waals surface area (Å²) in [7, 11) is 0. The Morgan fingerprint density at radius 3 is 2.43 bits per heavy atom. The Morgan fingerprint density at radius 1 is 1.14 bits per heavy atom. The van der Waals surface area contributed by atoms with Crippen LogP contribution in [0.3, 0.4) is 0 Å². The second kappa shape index (κ2) is 8.50. The number of alkyl halides is 3. The van der Waals surface area contributed by atoms with Crippen LogP contribution in [0.25, 0.3) is 0 Å². The number of halogens is 3. The largest absolute Gasteiger partial charge is 0.477 e. The third-order valence-corrected chi connectivity index (χ3v) is 3.01. The van der Waals surface area contributed by atoms with Crippen LogP contribution < -0.4 is 4.74 Å². The van der Waals surface area contributed by atoms with Crippen LogP contribution in [0.15, 0.2) is 12.1 Å². The number of hydrogen-bond donors (Lipinski definition) is 0. The molecule has 0 atom stereocenters. The van der Waals surface area contributed by atoms with Gasteiger partial charge in [-0.05, 0) is 18.6 Å². The van der Waals surface area contributed by atoms with Crippen molar-refractivity contribution in [2.24, 2.45) is 0 Å². The molecule has 0 spiro atoms. The minimum absolute atomic E-state index is 0.0222. The molecule has 21 heavy (non-hydrogen) atoms. The normalized spacial score (nSPS) is 11.2. The Balaban J connectivity index is 2.51. The molecule has 0 aliphatic rings. The molecule has 0 amide bonds. The fourth-order valence-corrected chi connectivity index (χ4v) is 1.84. The van der Waals surface area contributed by atoms with Crippen LogP contribution in [0.5, 0.6) is 5.88 Å². The number of unbranched alkanes of at least 4 members (excludes halogenated alkanes) is 5. The first kappa shape index (κ1) is 17.3. The molecule has 1 aromatic rings. The summed E-state index contributed by atoms with van der Waals surface area (Å²) in [6.07, 6.45) is 1.75. The molecule has 1 heterocycles. The second-order valence-corrected chi connectivity index (χ2v) is 4.77. The van der Waals surface area contributed by atoms with Crippen molar-refractivity contribution in [2.45, 2.75) is 51.6 Å². The monoisotopic (exact) mass is 300 g/mol. The molecule has 116 valence electrons. The van der Waals surface area contributed by atoms with Gasteiger partial charge in [-0.25, -0.2) is 4.98 Å². The third-order valence-electron chi connectivity index (χ3n) is 3.01. The molecule has 0 saturated heterocycles. The minimum atomic E-state index is -4.54. The molecule has 6 heteroatoms. The average molecular weight is 300 g/mol. The maximum atomic E-state index is 12.6. The zero-order valence-corrected chi connectivity index (χ0v) is 12.0. The van der Waals surface area contributed by atoms with E-state index in [-0.39, 0.29) is 18.1 Å². The number of hydrogen-bond acceptors (Lipinski definition) is 3. The zero-order chi connectivity index (χ0) is 15.7. The van der Waals surface area contributed by atoms with Gasteiger partial charge in [-0.2, -0.15) is 18.4 Å². The summed E-state index contributed by atoms with van der Waals surface area (Å²) in [6, 6.07) is 3.67. The SMILES string of the molecule is CCCCCCCCOc1nc(C(F)(F)F)ccc1C#N. The van der Waals surface area contributed by atoms with E-state index in [0.717, 1.165) is 44.2 Å². The molecule has 0 bridgehead atoms. The molecule has 3 nitrogen and oxygen atoms in total. The van der Waals surface area contributed by atoms with Gasteiger partial charge in [-0.1, -0.05) is 39.0 Å². The van der Waals surface area contributed by atoms with Gasteiger partial charge in [-0.3, -0.25) is 0 Å². The lowest BCUT2D eigenvalue weighted by Gasteiger charge is -2.10.